The molecule has 1 aromatic carbocycles. The van der Waals surface area contributed by atoms with Crippen LogP contribution in [0, 0.1) is 29.6 Å². The fourth-order valence-electron chi connectivity index (χ4n) is 4.99. The second-order valence-corrected chi connectivity index (χ2v) is 7.05. The fourth-order valence-corrected chi connectivity index (χ4v) is 5.21. The average Bonchev–Trinajstić information content (AvgIpc) is 2.84. The quantitative estimate of drug-likeness (QED) is 0.758. The lowest BCUT2D eigenvalue weighted by molar-refractivity contribution is 0.0919. The zero-order chi connectivity index (χ0) is 13.4. The van der Waals surface area contributed by atoms with Gasteiger partial charge in [-0.2, -0.15) is 0 Å². The van der Waals surface area contributed by atoms with E-state index >= 15 is 0 Å². The first-order chi connectivity index (χ1) is 9.74. The molecule has 0 radical (unpaired) electrons. The normalized spacial score (nSPS) is 37.4. The third kappa shape index (κ3) is 1.33. The highest BCUT2D eigenvalue weighted by molar-refractivity contribution is 6.34. The van der Waals surface area contributed by atoms with Crippen molar-refractivity contribution in [1.29, 1.82) is 0 Å². The minimum atomic E-state index is 0.212. The van der Waals surface area contributed by atoms with E-state index in [0.29, 0.717) is 28.2 Å². The number of para-hydroxylation sites is 1. The van der Waals surface area contributed by atoms with Gasteiger partial charge in [0.2, 0.25) is 5.78 Å². The first-order valence-electron chi connectivity index (χ1n) is 7.46. The molecule has 0 saturated heterocycles. The maximum Gasteiger partial charge on any atom is 0.201 e. The van der Waals surface area contributed by atoms with Gasteiger partial charge in [0.05, 0.1) is 5.02 Å². The van der Waals surface area contributed by atoms with Gasteiger partial charge in [-0.05, 0) is 55.1 Å². The van der Waals surface area contributed by atoms with E-state index in [2.05, 4.69) is 0 Å². The topological polar surface area (TPSA) is 30.2 Å². The summed E-state index contributed by atoms with van der Waals surface area (Å²) in [6, 6.07) is 7.49. The zero-order valence-corrected chi connectivity index (χ0v) is 11.8. The second-order valence-electron chi connectivity index (χ2n) is 6.65. The SMILES string of the molecule is O=C(c1cc2cccc(Cl)c2o1)C1C2C3CCC(C3)C12. The predicted molar refractivity (Wildman–Crippen MR) is 76.9 cm³/mol. The number of halogens is 1. The smallest absolute Gasteiger partial charge is 0.201 e. The number of benzene rings is 1. The molecule has 0 N–H and O–H groups in total. The Morgan fingerprint density at radius 2 is 1.95 bits per heavy atom. The minimum absolute atomic E-state index is 0.212. The Bertz CT molecular complexity index is 716. The van der Waals surface area contributed by atoms with E-state index in [1.54, 1.807) is 6.07 Å². The van der Waals surface area contributed by atoms with Crippen molar-refractivity contribution in [1.82, 2.24) is 0 Å². The molecule has 5 rings (SSSR count). The van der Waals surface area contributed by atoms with E-state index in [1.807, 2.05) is 18.2 Å². The van der Waals surface area contributed by atoms with Crippen LogP contribution in [0.3, 0.4) is 0 Å². The molecular formula is C17H15ClO2. The molecule has 4 unspecified atom stereocenters. The highest BCUT2D eigenvalue weighted by Gasteiger charge is 2.67. The maximum atomic E-state index is 12.7. The van der Waals surface area contributed by atoms with Crippen molar-refractivity contribution in [3.8, 4) is 0 Å². The lowest BCUT2D eigenvalue weighted by atomic mass is 9.99. The molecule has 102 valence electrons. The van der Waals surface area contributed by atoms with Crippen molar-refractivity contribution in [2.24, 2.45) is 29.6 Å². The van der Waals surface area contributed by atoms with Gasteiger partial charge < -0.3 is 4.42 Å². The summed E-state index contributed by atoms with van der Waals surface area (Å²) in [4.78, 5) is 12.7. The van der Waals surface area contributed by atoms with Gasteiger partial charge in [-0.25, -0.2) is 0 Å². The lowest BCUT2D eigenvalue weighted by Gasteiger charge is -2.05. The Morgan fingerprint density at radius 1 is 1.20 bits per heavy atom. The number of hydrogen-bond acceptors (Lipinski definition) is 2. The van der Waals surface area contributed by atoms with Crippen molar-refractivity contribution in [2.45, 2.75) is 19.3 Å². The van der Waals surface area contributed by atoms with Gasteiger partial charge >= 0.3 is 0 Å². The van der Waals surface area contributed by atoms with Crippen LogP contribution >= 0.6 is 11.6 Å². The summed E-state index contributed by atoms with van der Waals surface area (Å²) in [6.45, 7) is 0. The van der Waals surface area contributed by atoms with Crippen molar-refractivity contribution < 1.29 is 9.21 Å². The predicted octanol–water partition coefficient (Wildman–Crippen LogP) is 4.56. The number of hydrogen-bond donors (Lipinski definition) is 0. The Morgan fingerprint density at radius 3 is 2.65 bits per heavy atom. The second kappa shape index (κ2) is 3.67. The third-order valence-corrected chi connectivity index (χ3v) is 6.07. The molecule has 0 spiro atoms. The molecule has 2 aromatic rings. The summed E-state index contributed by atoms with van der Waals surface area (Å²) < 4.78 is 5.74. The Kier molecular flexibility index (Phi) is 2.09. The van der Waals surface area contributed by atoms with Crippen molar-refractivity contribution in [3.05, 3.63) is 35.0 Å². The Hall–Kier alpha value is -1.28. The molecule has 1 aromatic heterocycles. The van der Waals surface area contributed by atoms with E-state index in [0.717, 1.165) is 17.2 Å². The number of Topliss-reactive ketones (excluding diaryl/α,β-unsaturated/α-hetero) is 1. The largest absolute Gasteiger partial charge is 0.451 e. The number of carbonyl (C=O) groups is 1. The lowest BCUT2D eigenvalue weighted by Crippen LogP contribution is -2.09. The third-order valence-electron chi connectivity index (χ3n) is 5.78. The van der Waals surface area contributed by atoms with Crippen LogP contribution in [-0.4, -0.2) is 5.78 Å². The summed E-state index contributed by atoms with van der Waals surface area (Å²) in [5, 5.41) is 1.51. The molecule has 2 bridgehead atoms. The van der Waals surface area contributed by atoms with Gasteiger partial charge in [-0.1, -0.05) is 23.7 Å². The van der Waals surface area contributed by atoms with Crippen molar-refractivity contribution >= 4 is 28.4 Å². The van der Waals surface area contributed by atoms with Crippen LogP contribution in [0.5, 0.6) is 0 Å². The van der Waals surface area contributed by atoms with Gasteiger partial charge in [-0.3, -0.25) is 4.79 Å². The summed E-state index contributed by atoms with van der Waals surface area (Å²) in [7, 11) is 0. The summed E-state index contributed by atoms with van der Waals surface area (Å²) in [5.74, 6) is 3.89. The van der Waals surface area contributed by atoms with Gasteiger partial charge in [-0.15, -0.1) is 0 Å². The van der Waals surface area contributed by atoms with Crippen molar-refractivity contribution in [2.75, 3.05) is 0 Å². The number of carbonyl (C=O) groups excluding carboxylic acids is 1. The monoisotopic (exact) mass is 286 g/mol. The molecule has 2 nitrogen and oxygen atoms in total. The van der Waals surface area contributed by atoms with Crippen LogP contribution in [-0.2, 0) is 0 Å². The summed E-state index contributed by atoms with van der Waals surface area (Å²) >= 11 is 6.12. The van der Waals surface area contributed by atoms with Crippen LogP contribution in [0.2, 0.25) is 5.02 Å². The first kappa shape index (κ1) is 11.4. The fraction of sp³-hybridized carbons (Fsp3) is 0.471. The number of furan rings is 1. The van der Waals surface area contributed by atoms with Gasteiger partial charge in [0.1, 0.15) is 0 Å². The van der Waals surface area contributed by atoms with Crippen LogP contribution in [0.4, 0.5) is 0 Å². The first-order valence-corrected chi connectivity index (χ1v) is 7.84. The standard InChI is InChI=1S/C17H15ClO2/c18-11-3-1-2-10-7-12(20-17(10)11)16(19)15-13-8-4-5-9(6-8)14(13)15/h1-3,7-9,13-15H,4-6H2. The van der Waals surface area contributed by atoms with Gasteiger partial charge in [0.25, 0.3) is 0 Å². The maximum absolute atomic E-state index is 12.7. The molecule has 3 aliphatic carbocycles. The highest BCUT2D eigenvalue weighted by Crippen LogP contribution is 2.70. The Labute approximate surface area is 122 Å². The van der Waals surface area contributed by atoms with Crippen LogP contribution < -0.4 is 0 Å². The van der Waals surface area contributed by atoms with Gasteiger partial charge in [0.15, 0.2) is 11.3 Å². The highest BCUT2D eigenvalue weighted by atomic mass is 35.5. The molecule has 3 aliphatic rings. The molecule has 1 heterocycles. The number of fused-ring (bicyclic) bond motifs is 6. The number of ketones is 1. The molecule has 0 amide bonds. The molecule has 3 heteroatoms. The average molecular weight is 287 g/mol. The molecule has 4 atom stereocenters. The van der Waals surface area contributed by atoms with Crippen molar-refractivity contribution in [3.63, 3.8) is 0 Å². The van der Waals surface area contributed by atoms with E-state index in [-0.39, 0.29) is 11.7 Å². The van der Waals surface area contributed by atoms with Gasteiger partial charge in [0, 0.05) is 11.3 Å². The molecule has 3 saturated carbocycles. The summed E-state index contributed by atoms with van der Waals surface area (Å²) in [5.41, 5.74) is 0.645. The van der Waals surface area contributed by atoms with E-state index in [4.69, 9.17) is 16.0 Å². The number of rotatable bonds is 2. The molecule has 20 heavy (non-hydrogen) atoms. The van der Waals surface area contributed by atoms with E-state index < -0.39 is 0 Å². The van der Waals surface area contributed by atoms with Crippen LogP contribution in [0.15, 0.2) is 28.7 Å². The molecular weight excluding hydrogens is 272 g/mol. The summed E-state index contributed by atoms with van der Waals surface area (Å²) in [6.07, 6.45) is 4.04. The minimum Gasteiger partial charge on any atom is -0.451 e. The molecule has 3 fully saturated rings. The van der Waals surface area contributed by atoms with Crippen LogP contribution in [0.25, 0.3) is 11.0 Å². The molecule has 0 aliphatic heterocycles. The Balaban J connectivity index is 1.50. The zero-order valence-electron chi connectivity index (χ0n) is 11.0. The van der Waals surface area contributed by atoms with Crippen LogP contribution in [0.1, 0.15) is 29.8 Å². The van der Waals surface area contributed by atoms with E-state index in [1.165, 1.54) is 19.3 Å². The van der Waals surface area contributed by atoms with E-state index in [9.17, 15) is 4.79 Å².